The Labute approximate surface area is 164 Å². The highest BCUT2D eigenvalue weighted by Crippen LogP contribution is 2.29. The van der Waals surface area contributed by atoms with Crippen LogP contribution >= 0.6 is 0 Å². The van der Waals surface area contributed by atoms with Gasteiger partial charge in [-0.15, -0.1) is 0 Å². The quantitative estimate of drug-likeness (QED) is 0.788. The molecule has 1 aromatic rings. The topological polar surface area (TPSA) is 41.6 Å². The van der Waals surface area contributed by atoms with Gasteiger partial charge in [0, 0.05) is 32.2 Å². The van der Waals surface area contributed by atoms with E-state index in [1.807, 2.05) is 0 Å². The van der Waals surface area contributed by atoms with Gasteiger partial charge < -0.3 is 15.0 Å². The average Bonchev–Trinajstić information content (AvgIpc) is 2.71. The summed E-state index contributed by atoms with van der Waals surface area (Å²) < 4.78 is 43.7. The highest BCUT2D eigenvalue weighted by Gasteiger charge is 2.30. The van der Waals surface area contributed by atoms with Crippen molar-refractivity contribution in [3.8, 4) is 0 Å². The highest BCUT2D eigenvalue weighted by molar-refractivity contribution is 5.75. The van der Waals surface area contributed by atoms with Crippen molar-refractivity contribution in [1.29, 1.82) is 0 Å². The van der Waals surface area contributed by atoms with Crippen LogP contribution in [0, 0.1) is 5.92 Å². The first-order valence-corrected chi connectivity index (χ1v) is 10.2. The highest BCUT2D eigenvalue weighted by atomic mass is 19.4. The lowest BCUT2D eigenvalue weighted by Crippen LogP contribution is -2.44. The number of carbonyl (C=O) groups excluding carboxylic acids is 1. The molecule has 0 bridgehead atoms. The summed E-state index contributed by atoms with van der Waals surface area (Å²) in [5.74, 6) is 0.458. The van der Waals surface area contributed by atoms with Crippen LogP contribution in [0.25, 0.3) is 0 Å². The van der Waals surface area contributed by atoms with Gasteiger partial charge in [0.15, 0.2) is 0 Å². The molecule has 2 saturated heterocycles. The number of halogens is 3. The van der Waals surface area contributed by atoms with Gasteiger partial charge in [0.05, 0.1) is 5.56 Å². The van der Waals surface area contributed by atoms with Crippen molar-refractivity contribution in [3.63, 3.8) is 0 Å². The first-order valence-electron chi connectivity index (χ1n) is 10.2. The molecule has 156 valence electrons. The third kappa shape index (κ3) is 6.21. The summed E-state index contributed by atoms with van der Waals surface area (Å²) in [6.07, 6.45) is 1.36. The van der Waals surface area contributed by atoms with Gasteiger partial charge in [-0.3, -0.25) is 4.79 Å². The van der Waals surface area contributed by atoms with Gasteiger partial charge in [0.25, 0.3) is 0 Å². The molecule has 0 radical (unpaired) electrons. The van der Waals surface area contributed by atoms with Crippen molar-refractivity contribution in [3.05, 3.63) is 35.4 Å². The molecule has 0 atom stereocenters. The number of amides is 1. The Hall–Kier alpha value is -1.60. The maximum absolute atomic E-state index is 12.7. The smallest absolute Gasteiger partial charge is 0.381 e. The lowest BCUT2D eigenvalue weighted by atomic mass is 9.90. The Morgan fingerprint density at radius 3 is 2.54 bits per heavy atom. The van der Waals surface area contributed by atoms with Gasteiger partial charge in [-0.05, 0) is 68.8 Å². The standard InChI is InChI=1S/C21H29F3N2O2/c22-21(23,24)18-3-1-2-17(14-18)15-25-20(27)5-4-16-6-10-26(11-7-16)19-8-12-28-13-9-19/h1-3,14,16,19H,4-13,15H2,(H,25,27). The fraction of sp³-hybridized carbons (Fsp3) is 0.667. The molecule has 28 heavy (non-hydrogen) atoms. The van der Waals surface area contributed by atoms with Crippen LogP contribution in [0.15, 0.2) is 24.3 Å². The average molecular weight is 398 g/mol. The van der Waals surface area contributed by atoms with Gasteiger partial charge in [-0.1, -0.05) is 12.1 Å². The molecule has 2 aliphatic heterocycles. The monoisotopic (exact) mass is 398 g/mol. The largest absolute Gasteiger partial charge is 0.416 e. The predicted molar refractivity (Wildman–Crippen MR) is 101 cm³/mol. The summed E-state index contributed by atoms with van der Waals surface area (Å²) in [5, 5.41) is 2.75. The van der Waals surface area contributed by atoms with Crippen LogP contribution in [0.1, 0.15) is 49.7 Å². The van der Waals surface area contributed by atoms with Crippen molar-refractivity contribution in [2.75, 3.05) is 26.3 Å². The number of hydrogen-bond acceptors (Lipinski definition) is 3. The molecule has 2 aliphatic rings. The molecule has 0 aromatic heterocycles. The molecule has 1 aromatic carbocycles. The van der Waals surface area contributed by atoms with Crippen LogP contribution < -0.4 is 5.32 Å². The van der Waals surface area contributed by atoms with Gasteiger partial charge in [0.2, 0.25) is 5.91 Å². The lowest BCUT2D eigenvalue weighted by molar-refractivity contribution is -0.137. The maximum Gasteiger partial charge on any atom is 0.416 e. The van der Waals surface area contributed by atoms with Crippen LogP contribution in [0.2, 0.25) is 0 Å². The molecular weight excluding hydrogens is 369 g/mol. The zero-order valence-corrected chi connectivity index (χ0v) is 16.1. The van der Waals surface area contributed by atoms with Crippen molar-refractivity contribution in [2.24, 2.45) is 5.92 Å². The summed E-state index contributed by atoms with van der Waals surface area (Å²) in [4.78, 5) is 14.7. The van der Waals surface area contributed by atoms with Crippen molar-refractivity contribution in [1.82, 2.24) is 10.2 Å². The van der Waals surface area contributed by atoms with Gasteiger partial charge in [-0.25, -0.2) is 0 Å². The van der Waals surface area contributed by atoms with E-state index in [0.717, 1.165) is 70.5 Å². The summed E-state index contributed by atoms with van der Waals surface area (Å²) in [6.45, 7) is 4.01. The summed E-state index contributed by atoms with van der Waals surface area (Å²) in [7, 11) is 0. The molecule has 0 saturated carbocycles. The molecule has 1 N–H and O–H groups in total. The zero-order chi connectivity index (χ0) is 20.0. The van der Waals surface area contributed by atoms with Crippen molar-refractivity contribution < 1.29 is 22.7 Å². The number of benzene rings is 1. The summed E-state index contributed by atoms with van der Waals surface area (Å²) in [5.41, 5.74) is -0.219. The van der Waals surface area contributed by atoms with Crippen LogP contribution in [0.4, 0.5) is 13.2 Å². The fourth-order valence-corrected chi connectivity index (χ4v) is 4.14. The number of ether oxygens (including phenoxy) is 1. The number of nitrogens with zero attached hydrogens (tertiary/aromatic N) is 1. The maximum atomic E-state index is 12.7. The molecule has 7 heteroatoms. The third-order valence-corrected chi connectivity index (χ3v) is 5.88. The Bertz CT molecular complexity index is 637. The number of nitrogens with one attached hydrogen (secondary N) is 1. The first-order chi connectivity index (χ1) is 13.4. The molecule has 2 fully saturated rings. The minimum absolute atomic E-state index is 0.0933. The first kappa shape index (κ1) is 21.1. The fourth-order valence-electron chi connectivity index (χ4n) is 4.14. The molecule has 0 aliphatic carbocycles. The molecule has 1 amide bonds. The van der Waals surface area contributed by atoms with Crippen molar-refractivity contribution in [2.45, 2.75) is 57.3 Å². The minimum Gasteiger partial charge on any atom is -0.381 e. The van der Waals surface area contributed by atoms with E-state index in [1.165, 1.54) is 6.07 Å². The number of alkyl halides is 3. The minimum atomic E-state index is -4.36. The zero-order valence-electron chi connectivity index (χ0n) is 16.1. The SMILES string of the molecule is O=C(CCC1CCN(C2CCOCC2)CC1)NCc1cccc(C(F)(F)F)c1. The Kier molecular flexibility index (Phi) is 7.35. The van der Waals surface area contributed by atoms with E-state index < -0.39 is 11.7 Å². The molecule has 0 spiro atoms. The Balaban J connectivity index is 1.35. The summed E-state index contributed by atoms with van der Waals surface area (Å²) in [6, 6.07) is 5.74. The Morgan fingerprint density at radius 1 is 1.14 bits per heavy atom. The van der Waals surface area contributed by atoms with E-state index >= 15 is 0 Å². The second-order valence-electron chi connectivity index (χ2n) is 7.84. The Morgan fingerprint density at radius 2 is 1.86 bits per heavy atom. The van der Waals surface area contributed by atoms with E-state index in [0.29, 0.717) is 23.9 Å². The molecule has 3 rings (SSSR count). The van der Waals surface area contributed by atoms with E-state index in [-0.39, 0.29) is 12.5 Å². The summed E-state index contributed by atoms with van der Waals surface area (Å²) >= 11 is 0. The second-order valence-corrected chi connectivity index (χ2v) is 7.84. The van der Waals surface area contributed by atoms with Crippen LogP contribution in [-0.2, 0) is 22.3 Å². The van der Waals surface area contributed by atoms with E-state index in [4.69, 9.17) is 4.74 Å². The van der Waals surface area contributed by atoms with Crippen LogP contribution in [0.3, 0.4) is 0 Å². The van der Waals surface area contributed by atoms with Crippen LogP contribution in [0.5, 0.6) is 0 Å². The third-order valence-electron chi connectivity index (χ3n) is 5.88. The number of rotatable bonds is 6. The van der Waals surface area contributed by atoms with Crippen molar-refractivity contribution >= 4 is 5.91 Å². The van der Waals surface area contributed by atoms with E-state index in [2.05, 4.69) is 10.2 Å². The normalized spacial score (nSPS) is 20.2. The van der Waals surface area contributed by atoms with Gasteiger partial charge in [-0.2, -0.15) is 13.2 Å². The van der Waals surface area contributed by atoms with Crippen LogP contribution in [-0.4, -0.2) is 43.2 Å². The molecule has 4 nitrogen and oxygen atoms in total. The predicted octanol–water partition coefficient (Wildman–Crippen LogP) is 3.99. The van der Waals surface area contributed by atoms with Gasteiger partial charge in [0.1, 0.15) is 0 Å². The van der Waals surface area contributed by atoms with E-state index in [1.54, 1.807) is 6.07 Å². The van der Waals surface area contributed by atoms with Gasteiger partial charge >= 0.3 is 6.18 Å². The molecular formula is C21H29F3N2O2. The number of carbonyl (C=O) groups is 1. The van der Waals surface area contributed by atoms with E-state index in [9.17, 15) is 18.0 Å². The lowest BCUT2D eigenvalue weighted by Gasteiger charge is -2.39. The number of likely N-dealkylation sites (tertiary alicyclic amines) is 1. The molecule has 2 heterocycles. The number of hydrogen-bond donors (Lipinski definition) is 1. The molecule has 0 unspecified atom stereocenters. The second kappa shape index (κ2) is 9.74. The number of piperidine rings is 1.